The number of alkyl halides is 1. The van der Waals surface area contributed by atoms with E-state index in [0.29, 0.717) is 6.42 Å². The Morgan fingerprint density at radius 1 is 1.08 bits per heavy atom. The number of halogens is 1. The zero-order valence-corrected chi connectivity index (χ0v) is 17.6. The molecule has 0 spiro atoms. The fourth-order valence-corrected chi connectivity index (χ4v) is 3.46. The molecule has 1 rings (SSSR count). The summed E-state index contributed by atoms with van der Waals surface area (Å²) in [4.78, 5) is 24.8. The Morgan fingerprint density at radius 3 is 2.28 bits per heavy atom. The van der Waals surface area contributed by atoms with Gasteiger partial charge in [-0.1, -0.05) is 54.5 Å². The summed E-state index contributed by atoms with van der Waals surface area (Å²) < 4.78 is 5.32. The van der Waals surface area contributed by atoms with Crippen LogP contribution in [0.15, 0.2) is 0 Å². The molecule has 2 amide bonds. The van der Waals surface area contributed by atoms with E-state index in [1.54, 1.807) is 0 Å². The van der Waals surface area contributed by atoms with Gasteiger partial charge in [0.2, 0.25) is 5.91 Å². The average molecular weight is 419 g/mol. The van der Waals surface area contributed by atoms with Crippen LogP contribution < -0.4 is 10.6 Å². The molecule has 0 radical (unpaired) electrons. The molecular weight excluding hydrogens is 384 g/mol. The van der Waals surface area contributed by atoms with Crippen molar-refractivity contribution in [3.63, 3.8) is 0 Å². The molecule has 5 nitrogen and oxygen atoms in total. The minimum atomic E-state index is -0.567. The van der Waals surface area contributed by atoms with E-state index >= 15 is 0 Å². The summed E-state index contributed by atoms with van der Waals surface area (Å²) in [5, 5.41) is 6.88. The lowest BCUT2D eigenvalue weighted by atomic mass is 10.1. The molecule has 0 unspecified atom stereocenters. The number of alkyl carbamates (subject to hydrolysis) is 1. The molecule has 0 aromatic rings. The number of carbonyl (C=O) groups excluding carboxylic acids is 2. The van der Waals surface area contributed by atoms with Crippen molar-refractivity contribution in [2.75, 3.05) is 5.33 Å². The first-order valence-electron chi connectivity index (χ1n) is 9.67. The van der Waals surface area contributed by atoms with Crippen molar-refractivity contribution in [1.29, 1.82) is 0 Å². The Labute approximate surface area is 161 Å². The summed E-state index contributed by atoms with van der Waals surface area (Å²) in [5.74, 6) is -0.0726. The van der Waals surface area contributed by atoms with E-state index in [9.17, 15) is 9.59 Å². The maximum absolute atomic E-state index is 12.7. The van der Waals surface area contributed by atoms with Gasteiger partial charge in [-0.3, -0.25) is 4.79 Å². The van der Waals surface area contributed by atoms with E-state index < -0.39 is 17.7 Å². The Morgan fingerprint density at radius 2 is 1.72 bits per heavy atom. The molecule has 0 aromatic heterocycles. The SMILES string of the molecule is CC(C)(C)OC(=O)N[C@@H](CCCCCBr)C(=O)NC1CCCCCC1. The molecule has 1 saturated carbocycles. The van der Waals surface area contributed by atoms with E-state index in [1.165, 1.54) is 25.7 Å². The van der Waals surface area contributed by atoms with Crippen molar-refractivity contribution in [3.05, 3.63) is 0 Å². The Bertz CT molecular complexity index is 402. The predicted molar refractivity (Wildman–Crippen MR) is 105 cm³/mol. The number of unbranched alkanes of at least 4 members (excludes halogenated alkanes) is 2. The van der Waals surface area contributed by atoms with E-state index in [-0.39, 0.29) is 11.9 Å². The standard InChI is InChI=1S/C19H35BrN2O3/c1-19(2,3)25-18(24)22-16(13-9-6-10-14-20)17(23)21-15-11-7-4-5-8-12-15/h15-16H,4-14H2,1-3H3,(H,21,23)(H,22,24)/t16-/m0/s1. The zero-order valence-electron chi connectivity index (χ0n) is 16.0. The van der Waals surface area contributed by atoms with Crippen LogP contribution in [0, 0.1) is 0 Å². The monoisotopic (exact) mass is 418 g/mol. The van der Waals surface area contributed by atoms with Gasteiger partial charge in [0.05, 0.1) is 0 Å². The molecule has 0 saturated heterocycles. The number of carbonyl (C=O) groups is 2. The van der Waals surface area contributed by atoms with Crippen LogP contribution in [0.1, 0.15) is 85.0 Å². The van der Waals surface area contributed by atoms with E-state index in [1.807, 2.05) is 20.8 Å². The first kappa shape index (κ1) is 22.3. The average Bonchev–Trinajstić information content (AvgIpc) is 2.77. The van der Waals surface area contributed by atoms with Gasteiger partial charge < -0.3 is 15.4 Å². The summed E-state index contributed by atoms with van der Waals surface area (Å²) in [6, 6.07) is -0.283. The van der Waals surface area contributed by atoms with Crippen molar-refractivity contribution in [3.8, 4) is 0 Å². The highest BCUT2D eigenvalue weighted by atomic mass is 79.9. The van der Waals surface area contributed by atoms with Gasteiger partial charge >= 0.3 is 6.09 Å². The van der Waals surface area contributed by atoms with Crippen LogP contribution in [0.4, 0.5) is 4.79 Å². The Hall–Kier alpha value is -0.780. The zero-order chi connectivity index (χ0) is 18.7. The first-order chi connectivity index (χ1) is 11.8. The highest BCUT2D eigenvalue weighted by molar-refractivity contribution is 9.09. The lowest BCUT2D eigenvalue weighted by Gasteiger charge is -2.25. The van der Waals surface area contributed by atoms with Crippen LogP contribution in [0.3, 0.4) is 0 Å². The number of hydrogen-bond donors (Lipinski definition) is 2. The summed E-state index contributed by atoms with van der Waals surface area (Å²) >= 11 is 3.42. The van der Waals surface area contributed by atoms with E-state index in [0.717, 1.165) is 37.4 Å². The van der Waals surface area contributed by atoms with Gasteiger partial charge in [0.15, 0.2) is 0 Å². The predicted octanol–water partition coefficient (Wildman–Crippen LogP) is 4.67. The number of hydrogen-bond acceptors (Lipinski definition) is 3. The van der Waals surface area contributed by atoms with Gasteiger partial charge in [0.1, 0.15) is 11.6 Å². The van der Waals surface area contributed by atoms with E-state index in [2.05, 4.69) is 26.6 Å². The highest BCUT2D eigenvalue weighted by Gasteiger charge is 2.26. The summed E-state index contributed by atoms with van der Waals surface area (Å²) in [6.07, 6.45) is 10.0. The molecule has 0 aliphatic heterocycles. The molecule has 0 aromatic carbocycles. The molecule has 1 aliphatic carbocycles. The van der Waals surface area contributed by atoms with Crippen molar-refractivity contribution >= 4 is 27.9 Å². The van der Waals surface area contributed by atoms with Gasteiger partial charge in [-0.05, 0) is 46.5 Å². The van der Waals surface area contributed by atoms with Crippen LogP contribution >= 0.6 is 15.9 Å². The Balaban J connectivity index is 2.57. The van der Waals surface area contributed by atoms with Gasteiger partial charge in [-0.25, -0.2) is 4.79 Å². The molecule has 2 N–H and O–H groups in total. The lowest BCUT2D eigenvalue weighted by Crippen LogP contribution is -2.50. The summed E-state index contributed by atoms with van der Waals surface area (Å²) in [5.41, 5.74) is -0.567. The summed E-state index contributed by atoms with van der Waals surface area (Å²) in [7, 11) is 0. The second kappa shape index (κ2) is 11.8. The molecule has 6 heteroatoms. The summed E-state index contributed by atoms with van der Waals surface area (Å²) in [6.45, 7) is 5.47. The van der Waals surface area contributed by atoms with Gasteiger partial charge in [0, 0.05) is 11.4 Å². The third-order valence-electron chi connectivity index (χ3n) is 4.34. The van der Waals surface area contributed by atoms with E-state index in [4.69, 9.17) is 4.74 Å². The van der Waals surface area contributed by atoms with Crippen LogP contribution in [0.25, 0.3) is 0 Å². The fourth-order valence-electron chi connectivity index (χ4n) is 3.06. The molecular formula is C19H35BrN2O3. The number of nitrogens with one attached hydrogen (secondary N) is 2. The third kappa shape index (κ3) is 10.7. The van der Waals surface area contributed by atoms with Crippen LogP contribution in [-0.2, 0) is 9.53 Å². The second-order valence-corrected chi connectivity index (χ2v) is 8.73. The van der Waals surface area contributed by atoms with Crippen LogP contribution in [0.5, 0.6) is 0 Å². The second-order valence-electron chi connectivity index (χ2n) is 7.93. The molecule has 1 aliphatic rings. The van der Waals surface area contributed by atoms with Crippen molar-refractivity contribution < 1.29 is 14.3 Å². The topological polar surface area (TPSA) is 67.4 Å². The molecule has 146 valence electrons. The number of rotatable bonds is 8. The van der Waals surface area contributed by atoms with Crippen molar-refractivity contribution in [1.82, 2.24) is 10.6 Å². The smallest absolute Gasteiger partial charge is 0.408 e. The van der Waals surface area contributed by atoms with Crippen molar-refractivity contribution in [2.24, 2.45) is 0 Å². The first-order valence-corrected chi connectivity index (χ1v) is 10.8. The molecule has 25 heavy (non-hydrogen) atoms. The quantitative estimate of drug-likeness (QED) is 0.341. The minimum absolute atomic E-state index is 0.0726. The van der Waals surface area contributed by atoms with Crippen LogP contribution in [-0.4, -0.2) is 35.0 Å². The Kier molecular flexibility index (Phi) is 10.5. The normalized spacial score (nSPS) is 17.4. The molecule has 1 atom stereocenters. The van der Waals surface area contributed by atoms with Crippen LogP contribution in [0.2, 0.25) is 0 Å². The van der Waals surface area contributed by atoms with Gasteiger partial charge in [0.25, 0.3) is 0 Å². The molecule has 1 fully saturated rings. The molecule has 0 bridgehead atoms. The van der Waals surface area contributed by atoms with Gasteiger partial charge in [-0.15, -0.1) is 0 Å². The highest BCUT2D eigenvalue weighted by Crippen LogP contribution is 2.18. The number of ether oxygens (including phenoxy) is 1. The van der Waals surface area contributed by atoms with Crippen molar-refractivity contribution in [2.45, 2.75) is 103 Å². The minimum Gasteiger partial charge on any atom is -0.444 e. The molecule has 0 heterocycles. The maximum atomic E-state index is 12.7. The fraction of sp³-hybridized carbons (Fsp3) is 0.895. The number of amides is 2. The lowest BCUT2D eigenvalue weighted by molar-refractivity contribution is -0.124. The maximum Gasteiger partial charge on any atom is 0.408 e. The van der Waals surface area contributed by atoms with Gasteiger partial charge in [-0.2, -0.15) is 0 Å². The largest absolute Gasteiger partial charge is 0.444 e. The third-order valence-corrected chi connectivity index (χ3v) is 4.90.